The summed E-state index contributed by atoms with van der Waals surface area (Å²) >= 11 is 12.3. The summed E-state index contributed by atoms with van der Waals surface area (Å²) < 4.78 is 0. The Kier molecular flexibility index (Phi) is 5.96. The number of hydrogen-bond donors (Lipinski definition) is 1. The van der Waals surface area contributed by atoms with E-state index in [-0.39, 0.29) is 6.61 Å². The van der Waals surface area contributed by atoms with Crippen LogP contribution in [0.2, 0.25) is 10.0 Å². The van der Waals surface area contributed by atoms with E-state index < -0.39 is 0 Å². The van der Waals surface area contributed by atoms with Crippen molar-refractivity contribution in [3.8, 4) is 0 Å². The minimum absolute atomic E-state index is 0.189. The van der Waals surface area contributed by atoms with Crippen LogP contribution in [-0.4, -0.2) is 29.2 Å². The Morgan fingerprint density at radius 2 is 1.89 bits per heavy atom. The Morgan fingerprint density at radius 1 is 1.16 bits per heavy atom. The maximum Gasteiger partial charge on any atom is 0.0637 e. The number of halogens is 2. The number of hydrogen-bond acceptors (Lipinski definition) is 2. The molecule has 1 N–H and O–H groups in total. The van der Waals surface area contributed by atoms with E-state index in [1.165, 1.54) is 32.1 Å². The van der Waals surface area contributed by atoms with E-state index in [0.29, 0.717) is 22.6 Å². The van der Waals surface area contributed by atoms with E-state index in [1.807, 2.05) is 18.2 Å². The van der Waals surface area contributed by atoms with Crippen LogP contribution in [0.1, 0.15) is 37.7 Å². The zero-order chi connectivity index (χ0) is 13.7. The van der Waals surface area contributed by atoms with Gasteiger partial charge >= 0.3 is 0 Å². The van der Waals surface area contributed by atoms with Gasteiger partial charge in [0.15, 0.2) is 0 Å². The van der Waals surface area contributed by atoms with Gasteiger partial charge in [0.1, 0.15) is 0 Å². The highest BCUT2D eigenvalue weighted by Crippen LogP contribution is 2.29. The van der Waals surface area contributed by atoms with Crippen LogP contribution in [0.25, 0.3) is 0 Å². The summed E-state index contributed by atoms with van der Waals surface area (Å²) in [5.41, 5.74) is 1.05. The van der Waals surface area contributed by atoms with Crippen molar-refractivity contribution in [3.63, 3.8) is 0 Å². The van der Waals surface area contributed by atoms with Gasteiger partial charge in [0.25, 0.3) is 0 Å². The summed E-state index contributed by atoms with van der Waals surface area (Å²) in [6, 6.07) is 6.32. The first-order valence-electron chi connectivity index (χ1n) is 7.00. The largest absolute Gasteiger partial charge is 0.395 e. The second kappa shape index (κ2) is 7.49. The monoisotopic (exact) mass is 301 g/mol. The molecule has 0 heterocycles. The fourth-order valence-corrected chi connectivity index (χ4v) is 3.23. The van der Waals surface area contributed by atoms with Crippen molar-refractivity contribution in [2.75, 3.05) is 13.2 Å². The van der Waals surface area contributed by atoms with Crippen molar-refractivity contribution in [3.05, 3.63) is 33.8 Å². The Hall–Kier alpha value is -0.280. The summed E-state index contributed by atoms with van der Waals surface area (Å²) in [6.45, 7) is 1.66. The van der Waals surface area contributed by atoms with Gasteiger partial charge < -0.3 is 5.11 Å². The van der Waals surface area contributed by atoms with Crippen molar-refractivity contribution < 1.29 is 5.11 Å². The molecule has 0 spiro atoms. The Morgan fingerprint density at radius 3 is 2.58 bits per heavy atom. The quantitative estimate of drug-likeness (QED) is 0.884. The molecule has 1 aromatic carbocycles. The Labute approximate surface area is 125 Å². The normalized spacial score (nSPS) is 17.1. The number of nitrogens with zero attached hydrogens (tertiary/aromatic N) is 1. The molecule has 2 nitrogen and oxygen atoms in total. The molecular weight excluding hydrogens is 281 g/mol. The first-order chi connectivity index (χ1) is 9.22. The van der Waals surface area contributed by atoms with E-state index in [2.05, 4.69) is 4.90 Å². The molecule has 1 aliphatic rings. The smallest absolute Gasteiger partial charge is 0.0637 e. The lowest BCUT2D eigenvalue weighted by Crippen LogP contribution is -2.38. The first kappa shape index (κ1) is 15.1. The molecule has 0 radical (unpaired) electrons. The van der Waals surface area contributed by atoms with Gasteiger partial charge in [-0.25, -0.2) is 0 Å². The molecule has 1 fully saturated rings. The van der Waals surface area contributed by atoms with Crippen molar-refractivity contribution in [2.24, 2.45) is 0 Å². The summed E-state index contributed by atoms with van der Waals surface area (Å²) in [4.78, 5) is 2.34. The topological polar surface area (TPSA) is 23.5 Å². The van der Waals surface area contributed by atoms with Gasteiger partial charge in [-0.3, -0.25) is 4.90 Å². The summed E-state index contributed by atoms with van der Waals surface area (Å²) in [5.74, 6) is 0. The van der Waals surface area contributed by atoms with Crippen LogP contribution >= 0.6 is 23.2 Å². The van der Waals surface area contributed by atoms with Gasteiger partial charge in [0.2, 0.25) is 0 Å². The van der Waals surface area contributed by atoms with Gasteiger partial charge in [-0.05, 0) is 24.5 Å². The van der Waals surface area contributed by atoms with Crippen LogP contribution in [0.4, 0.5) is 0 Å². The van der Waals surface area contributed by atoms with Gasteiger partial charge in [0.05, 0.1) is 16.7 Å². The van der Waals surface area contributed by atoms with Gasteiger partial charge in [0, 0.05) is 19.1 Å². The Bertz CT molecular complexity index is 405. The molecule has 0 saturated heterocycles. The Balaban J connectivity index is 2.08. The third-order valence-electron chi connectivity index (χ3n) is 3.88. The molecule has 0 unspecified atom stereocenters. The molecule has 1 saturated carbocycles. The molecule has 1 aromatic rings. The molecule has 0 aliphatic heterocycles. The lowest BCUT2D eigenvalue weighted by atomic mass is 9.94. The predicted octanol–water partition coefficient (Wildman–Crippen LogP) is 4.12. The van der Waals surface area contributed by atoms with Gasteiger partial charge in [-0.2, -0.15) is 0 Å². The minimum Gasteiger partial charge on any atom is -0.395 e. The van der Waals surface area contributed by atoms with Gasteiger partial charge in [-0.1, -0.05) is 54.6 Å². The highest BCUT2D eigenvalue weighted by atomic mass is 35.5. The summed E-state index contributed by atoms with van der Waals surface area (Å²) in [6.07, 6.45) is 6.35. The molecule has 2 rings (SSSR count). The summed E-state index contributed by atoms with van der Waals surface area (Å²) in [7, 11) is 0. The fraction of sp³-hybridized carbons (Fsp3) is 0.600. The highest BCUT2D eigenvalue weighted by molar-refractivity contribution is 6.42. The van der Waals surface area contributed by atoms with Crippen molar-refractivity contribution in [1.29, 1.82) is 0 Å². The molecule has 106 valence electrons. The van der Waals surface area contributed by atoms with Gasteiger partial charge in [-0.15, -0.1) is 0 Å². The first-order valence-corrected chi connectivity index (χ1v) is 7.75. The lowest BCUT2D eigenvalue weighted by Gasteiger charge is -2.34. The lowest BCUT2D eigenvalue weighted by molar-refractivity contribution is 0.117. The van der Waals surface area contributed by atoms with Crippen molar-refractivity contribution in [2.45, 2.75) is 44.7 Å². The molecule has 4 heteroatoms. The van der Waals surface area contributed by atoms with Crippen LogP contribution in [0.15, 0.2) is 18.2 Å². The highest BCUT2D eigenvalue weighted by Gasteiger charge is 2.21. The number of rotatable bonds is 5. The van der Waals surface area contributed by atoms with Crippen LogP contribution in [0.5, 0.6) is 0 Å². The average Bonchev–Trinajstić information content (AvgIpc) is 2.44. The fourth-order valence-electron chi connectivity index (χ4n) is 2.85. The molecule has 0 aromatic heterocycles. The molecule has 19 heavy (non-hydrogen) atoms. The van der Waals surface area contributed by atoms with E-state index in [0.717, 1.165) is 12.1 Å². The number of aliphatic hydroxyl groups is 1. The molecular formula is C15H21Cl2NO. The van der Waals surface area contributed by atoms with Crippen molar-refractivity contribution >= 4 is 23.2 Å². The van der Waals surface area contributed by atoms with E-state index >= 15 is 0 Å². The molecule has 0 bridgehead atoms. The van der Waals surface area contributed by atoms with Crippen LogP contribution in [0.3, 0.4) is 0 Å². The van der Waals surface area contributed by atoms with Crippen LogP contribution in [-0.2, 0) is 6.54 Å². The van der Waals surface area contributed by atoms with Crippen LogP contribution in [0, 0.1) is 0 Å². The van der Waals surface area contributed by atoms with Crippen molar-refractivity contribution in [1.82, 2.24) is 4.90 Å². The standard InChI is InChI=1S/C15H21Cl2NO/c16-14-8-4-5-12(15(14)17)11-18(9-10-19)13-6-2-1-3-7-13/h4-5,8,13,19H,1-3,6-7,9-11H2. The molecule has 0 amide bonds. The zero-order valence-corrected chi connectivity index (χ0v) is 12.6. The van der Waals surface area contributed by atoms with E-state index in [1.54, 1.807) is 0 Å². The SMILES string of the molecule is OCCN(Cc1cccc(Cl)c1Cl)C1CCCCC1. The second-order valence-electron chi connectivity index (χ2n) is 5.20. The number of aliphatic hydroxyl groups excluding tert-OH is 1. The third kappa shape index (κ3) is 4.09. The maximum atomic E-state index is 9.27. The third-order valence-corrected chi connectivity index (χ3v) is 4.74. The van der Waals surface area contributed by atoms with E-state index in [4.69, 9.17) is 23.2 Å². The molecule has 0 atom stereocenters. The van der Waals surface area contributed by atoms with E-state index in [9.17, 15) is 5.11 Å². The average molecular weight is 302 g/mol. The maximum absolute atomic E-state index is 9.27. The number of benzene rings is 1. The minimum atomic E-state index is 0.189. The predicted molar refractivity (Wildman–Crippen MR) is 80.8 cm³/mol. The molecule has 1 aliphatic carbocycles. The zero-order valence-electron chi connectivity index (χ0n) is 11.1. The second-order valence-corrected chi connectivity index (χ2v) is 5.98. The van der Waals surface area contributed by atoms with Crippen LogP contribution < -0.4 is 0 Å². The summed E-state index contributed by atoms with van der Waals surface area (Å²) in [5, 5.41) is 10.5.